The third-order valence-electron chi connectivity index (χ3n) is 4.82. The first-order chi connectivity index (χ1) is 11.6. The van der Waals surface area contributed by atoms with Crippen molar-refractivity contribution in [2.75, 3.05) is 20.3 Å². The maximum Gasteiger partial charge on any atom is 0.310 e. The summed E-state index contributed by atoms with van der Waals surface area (Å²) >= 11 is 0. The van der Waals surface area contributed by atoms with E-state index in [0.29, 0.717) is 32.5 Å². The molecule has 3 rings (SSSR count). The van der Waals surface area contributed by atoms with Gasteiger partial charge in [0, 0.05) is 18.8 Å². The molecular formula is C20H22O4. The summed E-state index contributed by atoms with van der Waals surface area (Å²) in [4.78, 5) is 11.8. The molecule has 0 aromatic heterocycles. The lowest BCUT2D eigenvalue weighted by molar-refractivity contribution is -0.154. The molecule has 0 radical (unpaired) electrons. The minimum Gasteiger partial charge on any atom is -0.496 e. The van der Waals surface area contributed by atoms with Crippen LogP contribution in [0.4, 0.5) is 0 Å². The van der Waals surface area contributed by atoms with Gasteiger partial charge >= 0.3 is 5.97 Å². The number of methoxy groups -OCH3 is 1. The molecule has 2 aromatic rings. The molecule has 1 fully saturated rings. The molecule has 0 aliphatic carbocycles. The van der Waals surface area contributed by atoms with Gasteiger partial charge in [-0.3, -0.25) is 4.79 Å². The van der Waals surface area contributed by atoms with Crippen LogP contribution in [0.3, 0.4) is 0 Å². The molecule has 4 nitrogen and oxygen atoms in total. The highest BCUT2D eigenvalue weighted by Crippen LogP contribution is 2.36. The summed E-state index contributed by atoms with van der Waals surface area (Å²) in [5.41, 5.74) is 2.43. The van der Waals surface area contributed by atoms with Crippen LogP contribution in [0, 0.1) is 5.41 Å². The zero-order valence-electron chi connectivity index (χ0n) is 13.8. The zero-order chi connectivity index (χ0) is 17.0. The Balaban J connectivity index is 1.83. The number of aliphatic carboxylic acids is 1. The average Bonchev–Trinajstić information content (AvgIpc) is 2.63. The molecule has 126 valence electrons. The standard InChI is InChI=1S/C20H22O4/c1-23-18-5-3-2-4-17(18)16-8-6-15(7-9-16)14-20(19(21)22)10-12-24-13-11-20/h2-9H,10-14H2,1H3,(H,21,22). The van der Waals surface area contributed by atoms with Crippen molar-refractivity contribution in [3.8, 4) is 16.9 Å². The van der Waals surface area contributed by atoms with Gasteiger partial charge in [-0.1, -0.05) is 42.5 Å². The van der Waals surface area contributed by atoms with E-state index in [4.69, 9.17) is 9.47 Å². The van der Waals surface area contributed by atoms with Gasteiger partial charge in [0.2, 0.25) is 0 Å². The van der Waals surface area contributed by atoms with E-state index in [0.717, 1.165) is 22.4 Å². The van der Waals surface area contributed by atoms with Crippen molar-refractivity contribution in [3.63, 3.8) is 0 Å². The van der Waals surface area contributed by atoms with Crippen molar-refractivity contribution in [2.45, 2.75) is 19.3 Å². The fraction of sp³-hybridized carbons (Fsp3) is 0.350. The minimum absolute atomic E-state index is 0.519. The number of ether oxygens (including phenoxy) is 2. The Morgan fingerprint density at radius 1 is 1.12 bits per heavy atom. The summed E-state index contributed by atoms with van der Waals surface area (Å²) in [6.45, 7) is 1.04. The molecular weight excluding hydrogens is 304 g/mol. The third kappa shape index (κ3) is 3.29. The van der Waals surface area contributed by atoms with Gasteiger partial charge in [0.1, 0.15) is 5.75 Å². The number of benzene rings is 2. The Hall–Kier alpha value is -2.33. The molecule has 0 unspecified atom stereocenters. The molecule has 1 N–H and O–H groups in total. The van der Waals surface area contributed by atoms with Crippen molar-refractivity contribution in [1.29, 1.82) is 0 Å². The van der Waals surface area contributed by atoms with Crippen LogP contribution < -0.4 is 4.74 Å². The van der Waals surface area contributed by atoms with Crippen LogP contribution in [-0.2, 0) is 16.0 Å². The maximum atomic E-state index is 11.8. The number of para-hydroxylation sites is 1. The Morgan fingerprint density at radius 2 is 1.79 bits per heavy atom. The van der Waals surface area contributed by atoms with Gasteiger partial charge in [-0.05, 0) is 36.5 Å². The summed E-state index contributed by atoms with van der Waals surface area (Å²) in [6, 6.07) is 16.0. The number of rotatable bonds is 5. The van der Waals surface area contributed by atoms with E-state index in [9.17, 15) is 9.90 Å². The highest BCUT2D eigenvalue weighted by atomic mass is 16.5. The Kier molecular flexibility index (Phi) is 4.86. The van der Waals surface area contributed by atoms with Crippen molar-refractivity contribution in [2.24, 2.45) is 5.41 Å². The second-order valence-corrected chi connectivity index (χ2v) is 6.27. The predicted molar refractivity (Wildman–Crippen MR) is 92.3 cm³/mol. The van der Waals surface area contributed by atoms with E-state index in [1.807, 2.05) is 48.5 Å². The Labute approximate surface area is 142 Å². The molecule has 1 saturated heterocycles. The van der Waals surface area contributed by atoms with Gasteiger partial charge < -0.3 is 14.6 Å². The average molecular weight is 326 g/mol. The van der Waals surface area contributed by atoms with Gasteiger partial charge in [0.05, 0.1) is 12.5 Å². The predicted octanol–water partition coefficient (Wildman–Crippen LogP) is 3.79. The lowest BCUT2D eigenvalue weighted by Crippen LogP contribution is -2.39. The molecule has 4 heteroatoms. The number of carboxylic acids is 1. The van der Waals surface area contributed by atoms with Crippen LogP contribution in [0.5, 0.6) is 5.75 Å². The van der Waals surface area contributed by atoms with Gasteiger partial charge in [-0.25, -0.2) is 0 Å². The number of carboxylic acid groups (broad SMARTS) is 1. The van der Waals surface area contributed by atoms with E-state index in [-0.39, 0.29) is 0 Å². The Morgan fingerprint density at radius 3 is 2.42 bits per heavy atom. The van der Waals surface area contributed by atoms with Crippen LogP contribution in [0.25, 0.3) is 11.1 Å². The van der Waals surface area contributed by atoms with Crippen LogP contribution in [0.1, 0.15) is 18.4 Å². The molecule has 1 heterocycles. The fourth-order valence-electron chi connectivity index (χ4n) is 3.30. The van der Waals surface area contributed by atoms with Gasteiger partial charge in [-0.15, -0.1) is 0 Å². The van der Waals surface area contributed by atoms with E-state index < -0.39 is 11.4 Å². The summed E-state index contributed by atoms with van der Waals surface area (Å²) < 4.78 is 10.7. The van der Waals surface area contributed by atoms with E-state index in [1.165, 1.54) is 0 Å². The second kappa shape index (κ2) is 7.05. The van der Waals surface area contributed by atoms with Crippen LogP contribution >= 0.6 is 0 Å². The first-order valence-corrected chi connectivity index (χ1v) is 8.18. The van der Waals surface area contributed by atoms with Crippen molar-refractivity contribution >= 4 is 5.97 Å². The normalized spacial score (nSPS) is 16.5. The van der Waals surface area contributed by atoms with E-state index in [1.54, 1.807) is 7.11 Å². The topological polar surface area (TPSA) is 55.8 Å². The molecule has 0 atom stereocenters. The van der Waals surface area contributed by atoms with Crippen molar-refractivity contribution in [3.05, 3.63) is 54.1 Å². The molecule has 2 aromatic carbocycles. The minimum atomic E-state index is -0.723. The lowest BCUT2D eigenvalue weighted by Gasteiger charge is -2.33. The quantitative estimate of drug-likeness (QED) is 0.908. The number of hydrogen-bond donors (Lipinski definition) is 1. The summed E-state index contributed by atoms with van der Waals surface area (Å²) in [7, 11) is 1.66. The SMILES string of the molecule is COc1ccccc1-c1ccc(CC2(C(=O)O)CCOCC2)cc1. The maximum absolute atomic E-state index is 11.8. The van der Waals surface area contributed by atoms with Crippen molar-refractivity contribution < 1.29 is 19.4 Å². The first kappa shape index (κ1) is 16.5. The van der Waals surface area contributed by atoms with Crippen LogP contribution in [0.15, 0.2) is 48.5 Å². The summed E-state index contributed by atoms with van der Waals surface area (Å²) in [5.74, 6) is 0.108. The zero-order valence-corrected chi connectivity index (χ0v) is 13.8. The Bertz CT molecular complexity index is 700. The first-order valence-electron chi connectivity index (χ1n) is 8.18. The van der Waals surface area contributed by atoms with Crippen molar-refractivity contribution in [1.82, 2.24) is 0 Å². The highest BCUT2D eigenvalue weighted by molar-refractivity contribution is 5.75. The summed E-state index contributed by atoms with van der Waals surface area (Å²) in [6.07, 6.45) is 1.67. The fourth-order valence-corrected chi connectivity index (χ4v) is 3.30. The van der Waals surface area contributed by atoms with Crippen LogP contribution in [-0.4, -0.2) is 31.4 Å². The third-order valence-corrected chi connectivity index (χ3v) is 4.82. The van der Waals surface area contributed by atoms with Gasteiger partial charge in [0.25, 0.3) is 0 Å². The molecule has 0 amide bonds. The van der Waals surface area contributed by atoms with E-state index >= 15 is 0 Å². The van der Waals surface area contributed by atoms with Crippen LogP contribution in [0.2, 0.25) is 0 Å². The summed E-state index contributed by atoms with van der Waals surface area (Å²) in [5, 5.41) is 9.68. The van der Waals surface area contributed by atoms with E-state index in [2.05, 4.69) is 0 Å². The number of carbonyl (C=O) groups is 1. The molecule has 1 aliphatic rings. The lowest BCUT2D eigenvalue weighted by atomic mass is 9.75. The molecule has 0 spiro atoms. The highest BCUT2D eigenvalue weighted by Gasteiger charge is 2.40. The smallest absolute Gasteiger partial charge is 0.310 e. The molecule has 1 aliphatic heterocycles. The number of hydrogen-bond acceptors (Lipinski definition) is 3. The molecule has 24 heavy (non-hydrogen) atoms. The molecule has 0 saturated carbocycles. The largest absolute Gasteiger partial charge is 0.496 e. The monoisotopic (exact) mass is 326 g/mol. The van der Waals surface area contributed by atoms with Gasteiger partial charge in [0.15, 0.2) is 0 Å². The van der Waals surface area contributed by atoms with Gasteiger partial charge in [-0.2, -0.15) is 0 Å². The molecule has 0 bridgehead atoms. The second-order valence-electron chi connectivity index (χ2n) is 6.27.